The van der Waals surface area contributed by atoms with Crippen molar-refractivity contribution in [3.8, 4) is 17.0 Å². The van der Waals surface area contributed by atoms with E-state index in [4.69, 9.17) is 10.5 Å². The van der Waals surface area contributed by atoms with Crippen LogP contribution in [0, 0.1) is 6.92 Å². The van der Waals surface area contributed by atoms with Crippen molar-refractivity contribution in [3.63, 3.8) is 0 Å². The summed E-state index contributed by atoms with van der Waals surface area (Å²) in [7, 11) is 0. The maximum Gasteiger partial charge on any atom is 0.271 e. The minimum absolute atomic E-state index is 0.109. The first-order valence-electron chi connectivity index (χ1n) is 5.97. The average Bonchev–Trinajstić information content (AvgIpc) is 2.80. The normalized spacial score (nSPS) is 10.7. The molecular formula is C13H16N4O2. The molecule has 3 N–H and O–H groups in total. The Morgan fingerprint density at radius 2 is 2.11 bits per heavy atom. The van der Waals surface area contributed by atoms with E-state index in [2.05, 4.69) is 15.4 Å². The predicted octanol–water partition coefficient (Wildman–Crippen LogP) is 1.67. The molecule has 100 valence electrons. The van der Waals surface area contributed by atoms with Crippen LogP contribution < -0.4 is 10.5 Å². The van der Waals surface area contributed by atoms with Gasteiger partial charge in [0.15, 0.2) is 5.69 Å². The van der Waals surface area contributed by atoms with E-state index in [9.17, 15) is 4.79 Å². The van der Waals surface area contributed by atoms with Gasteiger partial charge in [0.05, 0.1) is 6.10 Å². The fourth-order valence-electron chi connectivity index (χ4n) is 1.79. The highest BCUT2D eigenvalue weighted by molar-refractivity contribution is 5.96. The second-order valence-electron chi connectivity index (χ2n) is 4.53. The number of rotatable bonds is 4. The third-order valence-electron chi connectivity index (χ3n) is 2.59. The highest BCUT2D eigenvalue weighted by Gasteiger charge is 2.16. The van der Waals surface area contributed by atoms with E-state index >= 15 is 0 Å². The molecule has 19 heavy (non-hydrogen) atoms. The SMILES string of the molecule is Cc1cc(-c2n[nH]nc2C(N)=O)ccc1OC(C)C. The molecule has 0 radical (unpaired) electrons. The molecule has 0 aliphatic heterocycles. The summed E-state index contributed by atoms with van der Waals surface area (Å²) in [5.74, 6) is 0.201. The number of aromatic nitrogens is 3. The van der Waals surface area contributed by atoms with Crippen LogP contribution in [0.25, 0.3) is 11.3 Å². The Balaban J connectivity index is 2.39. The van der Waals surface area contributed by atoms with Gasteiger partial charge < -0.3 is 10.5 Å². The molecule has 2 rings (SSSR count). The van der Waals surface area contributed by atoms with Gasteiger partial charge in [-0.1, -0.05) is 0 Å². The van der Waals surface area contributed by atoms with E-state index in [0.29, 0.717) is 5.69 Å². The monoisotopic (exact) mass is 260 g/mol. The van der Waals surface area contributed by atoms with Crippen molar-refractivity contribution in [1.29, 1.82) is 0 Å². The number of primary amides is 1. The maximum atomic E-state index is 11.2. The molecule has 0 aliphatic carbocycles. The summed E-state index contributed by atoms with van der Waals surface area (Å²) in [6.07, 6.45) is 0.109. The van der Waals surface area contributed by atoms with Gasteiger partial charge in [0, 0.05) is 5.56 Å². The van der Waals surface area contributed by atoms with E-state index in [1.54, 1.807) is 0 Å². The molecule has 6 heteroatoms. The molecule has 0 saturated carbocycles. The summed E-state index contributed by atoms with van der Waals surface area (Å²) in [5.41, 5.74) is 7.57. The van der Waals surface area contributed by atoms with E-state index in [0.717, 1.165) is 16.9 Å². The van der Waals surface area contributed by atoms with Crippen LogP contribution >= 0.6 is 0 Å². The summed E-state index contributed by atoms with van der Waals surface area (Å²) in [5, 5.41) is 10.1. The lowest BCUT2D eigenvalue weighted by Gasteiger charge is -2.12. The molecule has 1 heterocycles. The Hall–Kier alpha value is -2.37. The largest absolute Gasteiger partial charge is 0.491 e. The van der Waals surface area contributed by atoms with Crippen molar-refractivity contribution in [1.82, 2.24) is 15.4 Å². The lowest BCUT2D eigenvalue weighted by molar-refractivity contribution is 0.0996. The fourth-order valence-corrected chi connectivity index (χ4v) is 1.79. The first-order valence-corrected chi connectivity index (χ1v) is 5.97. The Morgan fingerprint density at radius 1 is 1.37 bits per heavy atom. The number of carbonyl (C=O) groups is 1. The molecule has 0 bridgehead atoms. The molecule has 6 nitrogen and oxygen atoms in total. The van der Waals surface area contributed by atoms with Gasteiger partial charge in [-0.25, -0.2) is 0 Å². The topological polar surface area (TPSA) is 93.9 Å². The minimum atomic E-state index is -0.607. The maximum absolute atomic E-state index is 11.2. The van der Waals surface area contributed by atoms with Gasteiger partial charge in [-0.3, -0.25) is 4.79 Å². The van der Waals surface area contributed by atoms with E-state index < -0.39 is 5.91 Å². The van der Waals surface area contributed by atoms with Gasteiger partial charge in [-0.2, -0.15) is 15.4 Å². The van der Waals surface area contributed by atoms with Gasteiger partial charge in [0.2, 0.25) is 0 Å². The number of aromatic amines is 1. The zero-order valence-corrected chi connectivity index (χ0v) is 11.1. The highest BCUT2D eigenvalue weighted by atomic mass is 16.5. The molecule has 0 spiro atoms. The molecule has 1 aromatic carbocycles. The van der Waals surface area contributed by atoms with Gasteiger partial charge in [0.1, 0.15) is 11.4 Å². The van der Waals surface area contributed by atoms with Crippen LogP contribution in [0.3, 0.4) is 0 Å². The number of benzene rings is 1. The first-order chi connectivity index (χ1) is 8.99. The predicted molar refractivity (Wildman–Crippen MR) is 70.8 cm³/mol. The van der Waals surface area contributed by atoms with Gasteiger partial charge in [-0.15, -0.1) is 0 Å². The van der Waals surface area contributed by atoms with Crippen LogP contribution in [0.2, 0.25) is 0 Å². The number of H-pyrrole nitrogens is 1. The van der Waals surface area contributed by atoms with Crippen LogP contribution in [0.15, 0.2) is 18.2 Å². The zero-order chi connectivity index (χ0) is 14.0. The molecule has 0 atom stereocenters. The smallest absolute Gasteiger partial charge is 0.271 e. The Bertz CT molecular complexity index is 604. The Labute approximate surface area is 111 Å². The minimum Gasteiger partial charge on any atom is -0.491 e. The van der Waals surface area contributed by atoms with Crippen molar-refractivity contribution >= 4 is 5.91 Å². The number of nitrogens with zero attached hydrogens (tertiary/aromatic N) is 2. The lowest BCUT2D eigenvalue weighted by Crippen LogP contribution is -2.12. The summed E-state index contributed by atoms with van der Waals surface area (Å²) in [6.45, 7) is 5.87. The van der Waals surface area contributed by atoms with Crippen molar-refractivity contribution in [2.45, 2.75) is 26.9 Å². The van der Waals surface area contributed by atoms with Crippen LogP contribution in [0.1, 0.15) is 29.9 Å². The van der Waals surface area contributed by atoms with Crippen molar-refractivity contribution < 1.29 is 9.53 Å². The molecule has 0 saturated heterocycles. The second-order valence-corrected chi connectivity index (χ2v) is 4.53. The van der Waals surface area contributed by atoms with Crippen LogP contribution in [0.5, 0.6) is 5.75 Å². The number of ether oxygens (including phenoxy) is 1. The number of hydrogen-bond donors (Lipinski definition) is 2. The molecule has 0 fully saturated rings. The molecule has 0 aliphatic rings. The van der Waals surface area contributed by atoms with Gasteiger partial charge >= 0.3 is 0 Å². The number of carbonyl (C=O) groups excluding carboxylic acids is 1. The molecular weight excluding hydrogens is 244 g/mol. The fraction of sp³-hybridized carbons (Fsp3) is 0.308. The number of nitrogens with two attached hydrogens (primary N) is 1. The molecule has 0 unspecified atom stereocenters. The number of aryl methyl sites for hydroxylation is 1. The summed E-state index contributed by atoms with van der Waals surface area (Å²) < 4.78 is 5.66. The Morgan fingerprint density at radius 3 is 2.68 bits per heavy atom. The quantitative estimate of drug-likeness (QED) is 0.874. The summed E-state index contributed by atoms with van der Waals surface area (Å²) in [6, 6.07) is 5.57. The number of nitrogens with one attached hydrogen (secondary N) is 1. The standard InChI is InChI=1S/C13H16N4O2/c1-7(2)19-10-5-4-9(6-8(10)3)11-12(13(14)18)16-17-15-11/h4-7H,1-3H3,(H2,14,18)(H,15,16,17). The van der Waals surface area contributed by atoms with Crippen LogP contribution in [0.4, 0.5) is 0 Å². The average molecular weight is 260 g/mol. The summed E-state index contributed by atoms with van der Waals surface area (Å²) >= 11 is 0. The van der Waals surface area contributed by atoms with Crippen LogP contribution in [-0.2, 0) is 0 Å². The van der Waals surface area contributed by atoms with Crippen LogP contribution in [-0.4, -0.2) is 27.4 Å². The van der Waals surface area contributed by atoms with Crippen molar-refractivity contribution in [3.05, 3.63) is 29.5 Å². The van der Waals surface area contributed by atoms with Gasteiger partial charge in [-0.05, 0) is 44.5 Å². The molecule has 2 aromatic rings. The zero-order valence-electron chi connectivity index (χ0n) is 11.1. The van der Waals surface area contributed by atoms with Crippen molar-refractivity contribution in [2.24, 2.45) is 5.73 Å². The molecule has 1 amide bonds. The number of hydrogen-bond acceptors (Lipinski definition) is 4. The van der Waals surface area contributed by atoms with Gasteiger partial charge in [0.25, 0.3) is 5.91 Å². The molecule has 1 aromatic heterocycles. The van der Waals surface area contributed by atoms with Crippen molar-refractivity contribution in [2.75, 3.05) is 0 Å². The lowest BCUT2D eigenvalue weighted by atomic mass is 10.1. The summed E-state index contributed by atoms with van der Waals surface area (Å²) in [4.78, 5) is 11.2. The third kappa shape index (κ3) is 2.73. The van der Waals surface area contributed by atoms with E-state index in [-0.39, 0.29) is 11.8 Å². The van der Waals surface area contributed by atoms with E-state index in [1.807, 2.05) is 39.0 Å². The van der Waals surface area contributed by atoms with E-state index in [1.165, 1.54) is 0 Å². The third-order valence-corrected chi connectivity index (χ3v) is 2.59. The second kappa shape index (κ2) is 5.09. The Kier molecular flexibility index (Phi) is 3.50. The highest BCUT2D eigenvalue weighted by Crippen LogP contribution is 2.26. The number of amides is 1. The first kappa shape index (κ1) is 13.1.